The van der Waals surface area contributed by atoms with E-state index in [0.29, 0.717) is 5.41 Å². The number of nitrogens with zero attached hydrogens (tertiary/aromatic N) is 1. The van der Waals surface area contributed by atoms with Crippen LogP contribution in [0.5, 0.6) is 0 Å². The lowest BCUT2D eigenvalue weighted by Crippen LogP contribution is -2.43. The lowest BCUT2D eigenvalue weighted by molar-refractivity contribution is 0.126. The van der Waals surface area contributed by atoms with Crippen molar-refractivity contribution in [1.82, 2.24) is 4.90 Å². The Hall–Kier alpha value is -0.730. The summed E-state index contributed by atoms with van der Waals surface area (Å²) >= 11 is 0. The van der Waals surface area contributed by atoms with Gasteiger partial charge in [-0.2, -0.15) is 0 Å². The zero-order valence-electron chi connectivity index (χ0n) is 8.84. The highest BCUT2D eigenvalue weighted by Crippen LogP contribution is 2.33. The van der Waals surface area contributed by atoms with Crippen LogP contribution in [0.4, 0.5) is 4.79 Å². The number of carbonyl (C=O) groups is 1. The average Bonchev–Trinajstić information content (AvgIpc) is 2.03. The molecule has 0 radical (unpaired) electrons. The quantitative estimate of drug-likeness (QED) is 0.613. The highest BCUT2D eigenvalue weighted by Gasteiger charge is 2.29. The molecular weight excluding hydrogens is 164 g/mol. The van der Waals surface area contributed by atoms with E-state index in [1.54, 1.807) is 4.90 Å². The van der Waals surface area contributed by atoms with Gasteiger partial charge in [0.2, 0.25) is 0 Å². The minimum absolute atomic E-state index is 0.271. The topological polar surface area (TPSA) is 46.3 Å². The molecule has 0 spiro atoms. The first kappa shape index (κ1) is 10.4. The number of piperidine rings is 1. The van der Waals surface area contributed by atoms with E-state index in [2.05, 4.69) is 20.8 Å². The van der Waals surface area contributed by atoms with Gasteiger partial charge < -0.3 is 10.6 Å². The SMILES string of the molecule is CC(C)(C)C1CCN(C(N)=O)CC1. The summed E-state index contributed by atoms with van der Waals surface area (Å²) in [4.78, 5) is 12.6. The lowest BCUT2D eigenvalue weighted by Gasteiger charge is -2.38. The Kier molecular flexibility index (Phi) is 2.84. The highest BCUT2D eigenvalue weighted by atomic mass is 16.2. The summed E-state index contributed by atoms with van der Waals surface area (Å²) in [6.45, 7) is 8.45. The molecule has 0 atom stereocenters. The third-order valence-electron chi connectivity index (χ3n) is 3.03. The van der Waals surface area contributed by atoms with Crippen LogP contribution in [0.2, 0.25) is 0 Å². The molecule has 1 saturated heterocycles. The van der Waals surface area contributed by atoms with Crippen LogP contribution in [0.15, 0.2) is 0 Å². The van der Waals surface area contributed by atoms with Crippen molar-refractivity contribution >= 4 is 6.03 Å². The molecule has 13 heavy (non-hydrogen) atoms. The third kappa shape index (κ3) is 2.61. The van der Waals surface area contributed by atoms with Crippen LogP contribution in [-0.4, -0.2) is 24.0 Å². The Balaban J connectivity index is 2.44. The number of urea groups is 1. The molecule has 3 nitrogen and oxygen atoms in total. The van der Waals surface area contributed by atoms with Crippen LogP contribution in [0, 0.1) is 11.3 Å². The molecule has 1 aliphatic rings. The van der Waals surface area contributed by atoms with Gasteiger partial charge in [0, 0.05) is 13.1 Å². The minimum atomic E-state index is -0.271. The number of carbonyl (C=O) groups excluding carboxylic acids is 1. The molecule has 0 aromatic rings. The van der Waals surface area contributed by atoms with Gasteiger partial charge >= 0.3 is 6.03 Å². The smallest absolute Gasteiger partial charge is 0.314 e. The summed E-state index contributed by atoms with van der Waals surface area (Å²) in [5.74, 6) is 0.725. The Bertz CT molecular complexity index is 188. The zero-order valence-corrected chi connectivity index (χ0v) is 8.84. The minimum Gasteiger partial charge on any atom is -0.351 e. The van der Waals surface area contributed by atoms with Gasteiger partial charge in [-0.3, -0.25) is 0 Å². The maximum Gasteiger partial charge on any atom is 0.314 e. The fourth-order valence-electron chi connectivity index (χ4n) is 1.97. The third-order valence-corrected chi connectivity index (χ3v) is 3.03. The van der Waals surface area contributed by atoms with Crippen LogP contribution in [0.1, 0.15) is 33.6 Å². The number of likely N-dealkylation sites (tertiary alicyclic amines) is 1. The van der Waals surface area contributed by atoms with E-state index in [1.165, 1.54) is 0 Å². The molecule has 0 aromatic heterocycles. The van der Waals surface area contributed by atoms with Gasteiger partial charge in [0.05, 0.1) is 0 Å². The molecule has 0 aromatic carbocycles. The monoisotopic (exact) mass is 184 g/mol. The van der Waals surface area contributed by atoms with Crippen LogP contribution in [0.25, 0.3) is 0 Å². The molecule has 1 heterocycles. The summed E-state index contributed by atoms with van der Waals surface area (Å²) < 4.78 is 0. The Labute approximate surface area is 80.3 Å². The van der Waals surface area contributed by atoms with Gasteiger partial charge in [0.1, 0.15) is 0 Å². The lowest BCUT2D eigenvalue weighted by atomic mass is 9.75. The van der Waals surface area contributed by atoms with Gasteiger partial charge in [-0.25, -0.2) is 4.79 Å². The first-order valence-electron chi connectivity index (χ1n) is 4.95. The van der Waals surface area contributed by atoms with E-state index in [1.807, 2.05) is 0 Å². The maximum atomic E-state index is 10.9. The molecule has 2 amide bonds. The van der Waals surface area contributed by atoms with Crippen molar-refractivity contribution in [3.8, 4) is 0 Å². The standard InChI is InChI=1S/C10H20N2O/c1-10(2,3)8-4-6-12(7-5-8)9(11)13/h8H,4-7H2,1-3H3,(H2,11,13). The van der Waals surface area contributed by atoms with Crippen LogP contribution in [0.3, 0.4) is 0 Å². The largest absolute Gasteiger partial charge is 0.351 e. The molecule has 2 N–H and O–H groups in total. The highest BCUT2D eigenvalue weighted by molar-refractivity contribution is 5.72. The van der Waals surface area contributed by atoms with E-state index >= 15 is 0 Å². The molecular formula is C10H20N2O. The zero-order chi connectivity index (χ0) is 10.1. The van der Waals surface area contributed by atoms with Gasteiger partial charge in [-0.15, -0.1) is 0 Å². The summed E-state index contributed by atoms with van der Waals surface area (Å²) in [6, 6.07) is -0.271. The van der Waals surface area contributed by atoms with Gasteiger partial charge in [-0.05, 0) is 24.2 Å². The van der Waals surface area contributed by atoms with E-state index in [-0.39, 0.29) is 6.03 Å². The second-order valence-corrected chi connectivity index (χ2v) is 4.97. The number of hydrogen-bond donors (Lipinski definition) is 1. The normalized spacial score (nSPS) is 20.4. The maximum absolute atomic E-state index is 10.9. The van der Waals surface area contributed by atoms with Crippen molar-refractivity contribution in [2.24, 2.45) is 17.1 Å². The van der Waals surface area contributed by atoms with Crippen molar-refractivity contribution in [2.75, 3.05) is 13.1 Å². The van der Waals surface area contributed by atoms with Crippen LogP contribution in [-0.2, 0) is 0 Å². The first-order chi connectivity index (χ1) is 5.91. The number of rotatable bonds is 0. The fraction of sp³-hybridized carbons (Fsp3) is 0.900. The predicted molar refractivity (Wildman–Crippen MR) is 53.3 cm³/mol. The molecule has 1 rings (SSSR count). The van der Waals surface area contributed by atoms with E-state index in [0.717, 1.165) is 31.8 Å². The number of hydrogen-bond acceptors (Lipinski definition) is 1. The second kappa shape index (κ2) is 3.56. The first-order valence-corrected chi connectivity index (χ1v) is 4.95. The molecule has 1 aliphatic heterocycles. The van der Waals surface area contributed by atoms with Crippen molar-refractivity contribution in [3.05, 3.63) is 0 Å². The van der Waals surface area contributed by atoms with Gasteiger partial charge in [0.15, 0.2) is 0 Å². The molecule has 0 bridgehead atoms. The molecule has 0 saturated carbocycles. The second-order valence-electron chi connectivity index (χ2n) is 4.97. The van der Waals surface area contributed by atoms with Crippen molar-refractivity contribution in [3.63, 3.8) is 0 Å². The molecule has 0 unspecified atom stereocenters. The van der Waals surface area contributed by atoms with E-state index in [9.17, 15) is 4.79 Å². The average molecular weight is 184 g/mol. The molecule has 0 aliphatic carbocycles. The van der Waals surface area contributed by atoms with Gasteiger partial charge in [-0.1, -0.05) is 20.8 Å². The number of primary amides is 1. The summed E-state index contributed by atoms with van der Waals surface area (Å²) in [7, 11) is 0. The summed E-state index contributed by atoms with van der Waals surface area (Å²) in [6.07, 6.45) is 2.18. The van der Waals surface area contributed by atoms with Crippen molar-refractivity contribution in [2.45, 2.75) is 33.6 Å². The van der Waals surface area contributed by atoms with Gasteiger partial charge in [0.25, 0.3) is 0 Å². The predicted octanol–water partition coefficient (Wildman–Crippen LogP) is 1.82. The summed E-state index contributed by atoms with van der Waals surface area (Å²) in [5, 5.41) is 0. The van der Waals surface area contributed by atoms with E-state index in [4.69, 9.17) is 5.73 Å². The molecule has 3 heteroatoms. The molecule has 76 valence electrons. The Morgan fingerprint density at radius 3 is 2.08 bits per heavy atom. The van der Waals surface area contributed by atoms with E-state index < -0.39 is 0 Å². The summed E-state index contributed by atoms with van der Waals surface area (Å²) in [5.41, 5.74) is 5.57. The van der Waals surface area contributed by atoms with Crippen LogP contribution >= 0.6 is 0 Å². The Morgan fingerprint density at radius 2 is 1.77 bits per heavy atom. The van der Waals surface area contributed by atoms with Crippen LogP contribution < -0.4 is 5.73 Å². The Morgan fingerprint density at radius 1 is 1.31 bits per heavy atom. The van der Waals surface area contributed by atoms with Crippen molar-refractivity contribution < 1.29 is 4.79 Å². The van der Waals surface area contributed by atoms with Crippen molar-refractivity contribution in [1.29, 1.82) is 0 Å². The fourth-order valence-corrected chi connectivity index (χ4v) is 1.97. The molecule has 1 fully saturated rings. The number of amides is 2. The number of nitrogens with two attached hydrogens (primary N) is 1.